The van der Waals surface area contributed by atoms with Gasteiger partial charge in [0.2, 0.25) is 5.88 Å². The summed E-state index contributed by atoms with van der Waals surface area (Å²) >= 11 is 0. The second kappa shape index (κ2) is 10.4. The lowest BCUT2D eigenvalue weighted by molar-refractivity contribution is -0.154. The number of guanidine groups is 1. The molecule has 1 aromatic carbocycles. The average Bonchev–Trinajstić information content (AvgIpc) is 2.67. The summed E-state index contributed by atoms with van der Waals surface area (Å²) in [6.45, 7) is -3.87. The zero-order valence-electron chi connectivity index (χ0n) is 15.3. The summed E-state index contributed by atoms with van der Waals surface area (Å²) in [5.41, 5.74) is 1.19. The van der Waals surface area contributed by atoms with E-state index in [1.807, 2.05) is 0 Å². The molecule has 1 aromatic heterocycles. The van der Waals surface area contributed by atoms with Crippen molar-refractivity contribution in [1.29, 1.82) is 0 Å². The minimum Gasteiger partial charge on any atom is -0.468 e. The van der Waals surface area contributed by atoms with Gasteiger partial charge in [0.1, 0.15) is 5.75 Å². The van der Waals surface area contributed by atoms with E-state index in [0.29, 0.717) is 17.1 Å². The number of pyridine rings is 1. The highest BCUT2D eigenvalue weighted by Crippen LogP contribution is 2.20. The van der Waals surface area contributed by atoms with Gasteiger partial charge in [-0.25, -0.2) is 4.98 Å². The van der Waals surface area contributed by atoms with Crippen molar-refractivity contribution in [3.63, 3.8) is 0 Å². The standard InChI is InChI=1S/C18H19F5N4O2/c1-24-17(27-10-13-4-2-3-5-14(13)29-16(19)20)26-9-12-6-7-15(25-8-12)28-11-18(21,22)23/h2-8,16H,9-11H2,1H3,(H2,24,26,27). The fourth-order valence-corrected chi connectivity index (χ4v) is 2.20. The highest BCUT2D eigenvalue weighted by molar-refractivity contribution is 5.79. The number of aliphatic imine (C=N–C) groups is 1. The van der Waals surface area contributed by atoms with Crippen LogP contribution in [-0.2, 0) is 13.1 Å². The third kappa shape index (κ3) is 8.20. The Hall–Kier alpha value is -3.11. The van der Waals surface area contributed by atoms with Crippen LogP contribution in [0.4, 0.5) is 22.0 Å². The molecule has 0 aliphatic rings. The summed E-state index contributed by atoms with van der Waals surface area (Å²) in [4.78, 5) is 7.83. The molecule has 0 spiro atoms. The predicted octanol–water partition coefficient (Wildman–Crippen LogP) is 3.49. The van der Waals surface area contributed by atoms with Gasteiger partial charge < -0.3 is 20.1 Å². The fourth-order valence-electron chi connectivity index (χ4n) is 2.20. The molecule has 0 unspecified atom stereocenters. The van der Waals surface area contributed by atoms with E-state index < -0.39 is 19.4 Å². The van der Waals surface area contributed by atoms with E-state index in [1.165, 1.54) is 25.4 Å². The maximum atomic E-state index is 12.5. The van der Waals surface area contributed by atoms with Crippen molar-refractivity contribution in [2.24, 2.45) is 4.99 Å². The fraction of sp³-hybridized carbons (Fsp3) is 0.333. The number of nitrogens with zero attached hydrogens (tertiary/aromatic N) is 2. The first-order chi connectivity index (χ1) is 13.8. The topological polar surface area (TPSA) is 67.8 Å². The van der Waals surface area contributed by atoms with Gasteiger partial charge in [0, 0.05) is 38.0 Å². The summed E-state index contributed by atoms with van der Waals surface area (Å²) < 4.78 is 70.3. The summed E-state index contributed by atoms with van der Waals surface area (Å²) in [5, 5.41) is 5.94. The van der Waals surface area contributed by atoms with E-state index in [0.717, 1.165) is 0 Å². The summed E-state index contributed by atoms with van der Waals surface area (Å²) in [6, 6.07) is 9.25. The Morgan fingerprint density at radius 3 is 2.45 bits per heavy atom. The van der Waals surface area contributed by atoms with Crippen LogP contribution in [0.1, 0.15) is 11.1 Å². The Labute approximate surface area is 163 Å². The van der Waals surface area contributed by atoms with E-state index in [2.05, 4.69) is 30.1 Å². The van der Waals surface area contributed by atoms with Gasteiger partial charge in [-0.05, 0) is 11.6 Å². The summed E-state index contributed by atoms with van der Waals surface area (Å²) in [7, 11) is 1.53. The van der Waals surface area contributed by atoms with Crippen LogP contribution in [0.2, 0.25) is 0 Å². The van der Waals surface area contributed by atoms with Crippen LogP contribution in [0.5, 0.6) is 11.6 Å². The van der Waals surface area contributed by atoms with Gasteiger partial charge >= 0.3 is 12.8 Å². The molecule has 1 heterocycles. The molecule has 158 valence electrons. The summed E-state index contributed by atoms with van der Waals surface area (Å²) in [6.07, 6.45) is -3.06. The quantitative estimate of drug-likeness (QED) is 0.390. The first kappa shape index (κ1) is 22.2. The molecule has 11 heteroatoms. The van der Waals surface area contributed by atoms with E-state index in [-0.39, 0.29) is 24.7 Å². The van der Waals surface area contributed by atoms with Crippen LogP contribution in [0.25, 0.3) is 0 Å². The predicted molar refractivity (Wildman–Crippen MR) is 95.9 cm³/mol. The first-order valence-electron chi connectivity index (χ1n) is 8.38. The highest BCUT2D eigenvalue weighted by atomic mass is 19.4. The lowest BCUT2D eigenvalue weighted by Crippen LogP contribution is -2.36. The van der Waals surface area contributed by atoms with Crippen LogP contribution in [-0.4, -0.2) is 37.4 Å². The number of halogens is 5. The molecule has 2 N–H and O–H groups in total. The lowest BCUT2D eigenvalue weighted by atomic mass is 10.2. The maximum Gasteiger partial charge on any atom is 0.422 e. The zero-order chi connectivity index (χ0) is 21.3. The number of nitrogens with one attached hydrogen (secondary N) is 2. The Balaban J connectivity index is 1.85. The molecule has 2 aromatic rings. The Kier molecular flexibility index (Phi) is 7.98. The molecular formula is C18H19F5N4O2. The number of rotatable bonds is 8. The van der Waals surface area contributed by atoms with E-state index in [9.17, 15) is 22.0 Å². The normalized spacial score (nSPS) is 12.0. The SMILES string of the molecule is CN=C(NCc1ccc(OCC(F)(F)F)nc1)NCc1ccccc1OC(F)F. The number of aromatic nitrogens is 1. The zero-order valence-corrected chi connectivity index (χ0v) is 15.3. The van der Waals surface area contributed by atoms with Gasteiger partial charge in [-0.2, -0.15) is 22.0 Å². The smallest absolute Gasteiger partial charge is 0.422 e. The molecular weight excluding hydrogens is 399 g/mol. The number of ether oxygens (including phenoxy) is 2. The Morgan fingerprint density at radius 2 is 1.83 bits per heavy atom. The lowest BCUT2D eigenvalue weighted by Gasteiger charge is -2.14. The number of benzene rings is 1. The molecule has 2 rings (SSSR count). The molecule has 0 aliphatic carbocycles. The Bertz CT molecular complexity index is 798. The van der Waals surface area contributed by atoms with Gasteiger partial charge in [-0.15, -0.1) is 0 Å². The van der Waals surface area contributed by atoms with E-state index in [1.54, 1.807) is 24.3 Å². The molecule has 0 saturated heterocycles. The van der Waals surface area contributed by atoms with Crippen molar-refractivity contribution in [3.05, 3.63) is 53.7 Å². The molecule has 0 fully saturated rings. The van der Waals surface area contributed by atoms with Crippen molar-refractivity contribution < 1.29 is 31.4 Å². The second-order valence-electron chi connectivity index (χ2n) is 5.67. The number of para-hydroxylation sites is 1. The van der Waals surface area contributed by atoms with Crippen molar-refractivity contribution in [2.45, 2.75) is 25.9 Å². The molecule has 6 nitrogen and oxygen atoms in total. The molecule has 0 radical (unpaired) electrons. The number of hydrogen-bond donors (Lipinski definition) is 2. The van der Waals surface area contributed by atoms with Crippen molar-refractivity contribution in [2.75, 3.05) is 13.7 Å². The highest BCUT2D eigenvalue weighted by Gasteiger charge is 2.28. The molecule has 0 aliphatic heterocycles. The second-order valence-corrected chi connectivity index (χ2v) is 5.67. The van der Waals surface area contributed by atoms with E-state index in [4.69, 9.17) is 0 Å². The number of alkyl halides is 5. The van der Waals surface area contributed by atoms with Crippen LogP contribution in [0.15, 0.2) is 47.6 Å². The largest absolute Gasteiger partial charge is 0.468 e. The van der Waals surface area contributed by atoms with Gasteiger partial charge in [0.25, 0.3) is 0 Å². The van der Waals surface area contributed by atoms with Crippen molar-refractivity contribution in [1.82, 2.24) is 15.6 Å². The molecule has 0 saturated carbocycles. The van der Waals surface area contributed by atoms with Gasteiger partial charge in [0.15, 0.2) is 12.6 Å². The van der Waals surface area contributed by atoms with Crippen LogP contribution in [0, 0.1) is 0 Å². The third-order valence-electron chi connectivity index (χ3n) is 3.50. The molecule has 0 amide bonds. The van der Waals surface area contributed by atoms with Crippen molar-refractivity contribution >= 4 is 5.96 Å². The van der Waals surface area contributed by atoms with Gasteiger partial charge in [0.05, 0.1) is 0 Å². The third-order valence-corrected chi connectivity index (χ3v) is 3.50. The Morgan fingerprint density at radius 1 is 1.10 bits per heavy atom. The van der Waals surface area contributed by atoms with Gasteiger partial charge in [-0.1, -0.05) is 24.3 Å². The van der Waals surface area contributed by atoms with Gasteiger partial charge in [-0.3, -0.25) is 4.99 Å². The first-order valence-corrected chi connectivity index (χ1v) is 8.38. The van der Waals surface area contributed by atoms with Crippen LogP contribution in [0.3, 0.4) is 0 Å². The summed E-state index contributed by atoms with van der Waals surface area (Å²) in [5.74, 6) is 0.308. The molecule has 29 heavy (non-hydrogen) atoms. The minimum absolute atomic E-state index is 0.0594. The maximum absolute atomic E-state index is 12.5. The van der Waals surface area contributed by atoms with E-state index >= 15 is 0 Å². The number of hydrogen-bond acceptors (Lipinski definition) is 4. The average molecular weight is 418 g/mol. The molecule has 0 atom stereocenters. The van der Waals surface area contributed by atoms with Crippen LogP contribution < -0.4 is 20.1 Å². The van der Waals surface area contributed by atoms with Crippen LogP contribution >= 0.6 is 0 Å². The monoisotopic (exact) mass is 418 g/mol. The molecule has 0 bridgehead atoms. The minimum atomic E-state index is -4.43. The van der Waals surface area contributed by atoms with Crippen molar-refractivity contribution in [3.8, 4) is 11.6 Å².